The zero-order chi connectivity index (χ0) is 17.1. The fraction of sp³-hybridized carbons (Fsp3) is 0.125. The third-order valence-corrected chi connectivity index (χ3v) is 3.43. The van der Waals surface area contributed by atoms with Gasteiger partial charge in [-0.15, -0.1) is 0 Å². The quantitative estimate of drug-likeness (QED) is 0.735. The Morgan fingerprint density at radius 1 is 1.29 bits per heavy atom. The molecular formula is C16H13ClN4O3. The molecule has 122 valence electrons. The van der Waals surface area contributed by atoms with Crippen molar-refractivity contribution in [1.29, 1.82) is 0 Å². The van der Waals surface area contributed by atoms with Gasteiger partial charge >= 0.3 is 5.97 Å². The van der Waals surface area contributed by atoms with E-state index >= 15 is 0 Å². The molecule has 0 aliphatic rings. The molecule has 8 heteroatoms. The minimum absolute atomic E-state index is 0.130. The Kier molecular flexibility index (Phi) is 4.43. The maximum atomic E-state index is 12.1. The van der Waals surface area contributed by atoms with Crippen molar-refractivity contribution < 1.29 is 14.3 Å². The number of pyridine rings is 2. The van der Waals surface area contributed by atoms with Crippen LogP contribution in [-0.4, -0.2) is 32.3 Å². The van der Waals surface area contributed by atoms with Crippen LogP contribution < -0.4 is 5.32 Å². The molecule has 0 aliphatic heterocycles. The zero-order valence-electron chi connectivity index (χ0n) is 12.6. The number of nitrogens with one attached hydrogen (secondary N) is 1. The highest BCUT2D eigenvalue weighted by atomic mass is 35.5. The van der Waals surface area contributed by atoms with E-state index in [0.29, 0.717) is 16.5 Å². The SMILES string of the molecule is CC(OC(=O)c1cn2ccccc2n1)C(=O)Nc1ccc(Cl)cn1. The van der Waals surface area contributed by atoms with E-state index in [0.717, 1.165) is 0 Å². The molecule has 1 N–H and O–H groups in total. The average Bonchev–Trinajstić information content (AvgIpc) is 3.01. The van der Waals surface area contributed by atoms with Crippen molar-refractivity contribution in [3.05, 3.63) is 59.6 Å². The maximum Gasteiger partial charge on any atom is 0.359 e. The van der Waals surface area contributed by atoms with Crippen LogP contribution in [0.15, 0.2) is 48.9 Å². The normalized spacial score (nSPS) is 11.9. The van der Waals surface area contributed by atoms with Gasteiger partial charge < -0.3 is 14.5 Å². The number of fused-ring (bicyclic) bond motifs is 1. The standard InChI is InChI=1S/C16H13ClN4O3/c1-10(15(22)20-13-6-5-11(17)8-18-13)24-16(23)12-9-21-7-3-2-4-14(21)19-12/h2-10H,1H3,(H,18,20,22). The number of carbonyl (C=O) groups excluding carboxylic acids is 2. The van der Waals surface area contributed by atoms with Gasteiger partial charge in [-0.25, -0.2) is 14.8 Å². The molecule has 7 nitrogen and oxygen atoms in total. The van der Waals surface area contributed by atoms with Crippen LogP contribution in [0.4, 0.5) is 5.82 Å². The van der Waals surface area contributed by atoms with Gasteiger partial charge in [-0.1, -0.05) is 17.7 Å². The number of halogens is 1. The number of aromatic nitrogens is 3. The van der Waals surface area contributed by atoms with Crippen molar-refractivity contribution in [2.24, 2.45) is 0 Å². The summed E-state index contributed by atoms with van der Waals surface area (Å²) in [6, 6.07) is 8.54. The van der Waals surface area contributed by atoms with E-state index in [4.69, 9.17) is 16.3 Å². The lowest BCUT2D eigenvalue weighted by Gasteiger charge is -2.12. The Balaban J connectivity index is 1.64. The predicted octanol–water partition coefficient (Wildman–Crippen LogP) is 2.57. The molecule has 0 bridgehead atoms. The van der Waals surface area contributed by atoms with Gasteiger partial charge in [0.1, 0.15) is 11.5 Å². The summed E-state index contributed by atoms with van der Waals surface area (Å²) >= 11 is 5.73. The van der Waals surface area contributed by atoms with E-state index in [1.165, 1.54) is 13.1 Å². The second-order valence-electron chi connectivity index (χ2n) is 4.99. The summed E-state index contributed by atoms with van der Waals surface area (Å²) in [5.41, 5.74) is 0.748. The number of esters is 1. The Morgan fingerprint density at radius 3 is 2.83 bits per heavy atom. The molecule has 3 aromatic heterocycles. The van der Waals surface area contributed by atoms with Crippen LogP contribution in [0, 0.1) is 0 Å². The first kappa shape index (κ1) is 15.9. The van der Waals surface area contributed by atoms with Gasteiger partial charge in [-0.2, -0.15) is 0 Å². The predicted molar refractivity (Wildman–Crippen MR) is 87.9 cm³/mol. The number of amides is 1. The van der Waals surface area contributed by atoms with Gasteiger partial charge in [0.05, 0.1) is 5.02 Å². The highest BCUT2D eigenvalue weighted by Crippen LogP contribution is 2.11. The molecule has 3 rings (SSSR count). The number of hydrogen-bond donors (Lipinski definition) is 1. The van der Waals surface area contributed by atoms with Crippen LogP contribution >= 0.6 is 11.6 Å². The van der Waals surface area contributed by atoms with Crippen LogP contribution in [-0.2, 0) is 9.53 Å². The van der Waals surface area contributed by atoms with Gasteiger partial charge in [-0.3, -0.25) is 4.79 Å². The van der Waals surface area contributed by atoms with Crippen LogP contribution in [0.25, 0.3) is 5.65 Å². The Bertz CT molecular complexity index is 859. The van der Waals surface area contributed by atoms with E-state index in [1.54, 1.807) is 35.0 Å². The van der Waals surface area contributed by atoms with Crippen molar-refractivity contribution in [1.82, 2.24) is 14.4 Å². The lowest BCUT2D eigenvalue weighted by molar-refractivity contribution is -0.123. The topological polar surface area (TPSA) is 85.6 Å². The highest BCUT2D eigenvalue weighted by Gasteiger charge is 2.21. The summed E-state index contributed by atoms with van der Waals surface area (Å²) in [5.74, 6) is -0.854. The van der Waals surface area contributed by atoms with Crippen molar-refractivity contribution in [3.63, 3.8) is 0 Å². The van der Waals surface area contributed by atoms with Gasteiger partial charge in [0.2, 0.25) is 0 Å². The van der Waals surface area contributed by atoms with Crippen molar-refractivity contribution in [2.45, 2.75) is 13.0 Å². The second-order valence-corrected chi connectivity index (χ2v) is 5.43. The Hall–Kier alpha value is -2.93. The molecule has 0 radical (unpaired) electrons. The molecule has 0 fully saturated rings. The summed E-state index contributed by atoms with van der Waals surface area (Å²) in [4.78, 5) is 32.3. The molecule has 1 atom stereocenters. The molecule has 24 heavy (non-hydrogen) atoms. The molecule has 0 aliphatic carbocycles. The van der Waals surface area contributed by atoms with Gasteiger partial charge in [0.15, 0.2) is 11.8 Å². The lowest BCUT2D eigenvalue weighted by atomic mass is 10.3. The van der Waals surface area contributed by atoms with Crippen LogP contribution in [0.2, 0.25) is 5.02 Å². The van der Waals surface area contributed by atoms with Crippen LogP contribution in [0.1, 0.15) is 17.4 Å². The summed E-state index contributed by atoms with van der Waals surface area (Å²) < 4.78 is 6.84. The monoisotopic (exact) mass is 344 g/mol. The molecule has 1 amide bonds. The third-order valence-electron chi connectivity index (χ3n) is 3.20. The highest BCUT2D eigenvalue weighted by molar-refractivity contribution is 6.30. The van der Waals surface area contributed by atoms with Gasteiger partial charge in [0, 0.05) is 18.6 Å². The zero-order valence-corrected chi connectivity index (χ0v) is 13.4. The number of anilines is 1. The third kappa shape index (κ3) is 3.52. The van der Waals surface area contributed by atoms with E-state index < -0.39 is 18.0 Å². The largest absolute Gasteiger partial charge is 0.448 e. The first-order valence-corrected chi connectivity index (χ1v) is 7.48. The summed E-state index contributed by atoms with van der Waals surface area (Å²) in [5, 5.41) is 3.00. The number of imidazole rings is 1. The van der Waals surface area contributed by atoms with E-state index in [9.17, 15) is 9.59 Å². The minimum Gasteiger partial charge on any atom is -0.448 e. The molecular weight excluding hydrogens is 332 g/mol. The first-order chi connectivity index (χ1) is 11.5. The van der Waals surface area contributed by atoms with Gasteiger partial charge in [-0.05, 0) is 31.2 Å². The molecule has 0 saturated carbocycles. The number of rotatable bonds is 4. The molecule has 3 heterocycles. The number of hydrogen-bond acceptors (Lipinski definition) is 5. The van der Waals surface area contributed by atoms with E-state index in [-0.39, 0.29) is 5.69 Å². The Morgan fingerprint density at radius 2 is 2.12 bits per heavy atom. The molecule has 0 aromatic carbocycles. The Labute approximate surface area is 142 Å². The van der Waals surface area contributed by atoms with Crippen molar-refractivity contribution in [3.8, 4) is 0 Å². The summed E-state index contributed by atoms with van der Waals surface area (Å²) in [6.45, 7) is 1.47. The summed E-state index contributed by atoms with van der Waals surface area (Å²) in [7, 11) is 0. The second kappa shape index (κ2) is 6.67. The van der Waals surface area contributed by atoms with Crippen molar-refractivity contribution >= 4 is 34.9 Å². The van der Waals surface area contributed by atoms with Crippen LogP contribution in [0.3, 0.4) is 0 Å². The van der Waals surface area contributed by atoms with E-state index in [1.807, 2.05) is 12.1 Å². The van der Waals surface area contributed by atoms with Gasteiger partial charge in [0.25, 0.3) is 5.91 Å². The summed E-state index contributed by atoms with van der Waals surface area (Å²) in [6.07, 6.45) is 3.72. The molecule has 0 spiro atoms. The average molecular weight is 345 g/mol. The van der Waals surface area contributed by atoms with Crippen LogP contribution in [0.5, 0.6) is 0 Å². The number of ether oxygens (including phenoxy) is 1. The molecule has 3 aromatic rings. The smallest absolute Gasteiger partial charge is 0.359 e. The fourth-order valence-corrected chi connectivity index (χ4v) is 2.10. The van der Waals surface area contributed by atoms with Crippen molar-refractivity contribution in [2.75, 3.05) is 5.32 Å². The lowest BCUT2D eigenvalue weighted by Crippen LogP contribution is -2.30. The first-order valence-electron chi connectivity index (χ1n) is 7.10. The minimum atomic E-state index is -1.00. The maximum absolute atomic E-state index is 12.1. The fourth-order valence-electron chi connectivity index (χ4n) is 1.99. The number of nitrogens with zero attached hydrogens (tertiary/aromatic N) is 3. The molecule has 1 unspecified atom stereocenters. The molecule has 0 saturated heterocycles. The number of carbonyl (C=O) groups is 2. The van der Waals surface area contributed by atoms with E-state index in [2.05, 4.69) is 15.3 Å².